The molecule has 0 fully saturated rings. The molecule has 0 aliphatic carbocycles. The van der Waals surface area contributed by atoms with Crippen molar-refractivity contribution in [2.24, 2.45) is 11.5 Å². The van der Waals surface area contributed by atoms with Crippen molar-refractivity contribution in [3.63, 3.8) is 0 Å². The smallest absolute Gasteiger partial charge is 0.355 e. The van der Waals surface area contributed by atoms with E-state index >= 15 is 0 Å². The molecular formula is C3H7N4OS. The van der Waals surface area contributed by atoms with Crippen LogP contribution in [0.3, 0.4) is 0 Å². The van der Waals surface area contributed by atoms with E-state index in [4.69, 9.17) is 5.73 Å². The van der Waals surface area contributed by atoms with Crippen LogP contribution in [0.15, 0.2) is 0 Å². The Kier molecular flexibility index (Phi) is 2.72. The van der Waals surface area contributed by atoms with Crippen LogP contribution in [-0.4, -0.2) is 23.2 Å². The van der Waals surface area contributed by atoms with Crippen LogP contribution in [-0.2, 0) is 0 Å². The molecule has 9 heavy (non-hydrogen) atoms. The second-order valence-electron chi connectivity index (χ2n) is 1.30. The Labute approximate surface area is 57.9 Å². The van der Waals surface area contributed by atoms with Crippen LogP contribution in [0.5, 0.6) is 0 Å². The molecule has 0 aromatic rings. The molecule has 0 bridgehead atoms. The quantitative estimate of drug-likeness (QED) is 0.331. The largest absolute Gasteiger partial charge is 0.375 e. The molecule has 51 valence electrons. The van der Waals surface area contributed by atoms with E-state index in [0.29, 0.717) is 0 Å². The highest BCUT2D eigenvalue weighted by Gasteiger charge is 2.02. The molecule has 0 atom stereocenters. The number of rotatable bonds is 0. The predicted molar refractivity (Wildman–Crippen MR) is 36.3 cm³/mol. The zero-order chi connectivity index (χ0) is 7.44. The van der Waals surface area contributed by atoms with E-state index in [1.807, 2.05) is 0 Å². The van der Waals surface area contributed by atoms with Crippen molar-refractivity contribution in [1.29, 1.82) is 0 Å². The van der Waals surface area contributed by atoms with Gasteiger partial charge in [0.05, 0.1) is 0 Å². The minimum Gasteiger partial charge on any atom is -0.375 e. The molecule has 4 N–H and O–H groups in total. The molecule has 6 heteroatoms. The van der Waals surface area contributed by atoms with Crippen molar-refractivity contribution in [2.45, 2.75) is 0 Å². The van der Waals surface area contributed by atoms with E-state index in [1.165, 1.54) is 7.05 Å². The van der Waals surface area contributed by atoms with Gasteiger partial charge in [-0.05, 0) is 12.2 Å². The lowest BCUT2D eigenvalue weighted by atomic mass is 11.0. The highest BCUT2D eigenvalue weighted by molar-refractivity contribution is 7.80. The first-order chi connectivity index (χ1) is 4.04. The molecule has 2 amide bonds. The number of amides is 2. The summed E-state index contributed by atoms with van der Waals surface area (Å²) < 4.78 is 0. The molecule has 0 heterocycles. The highest BCUT2D eigenvalue weighted by Crippen LogP contribution is 1.74. The van der Waals surface area contributed by atoms with Gasteiger partial charge in [0.2, 0.25) is 0 Å². The summed E-state index contributed by atoms with van der Waals surface area (Å²) in [5.74, 6) is 0. The van der Waals surface area contributed by atoms with Gasteiger partial charge in [0, 0.05) is 7.05 Å². The first-order valence-corrected chi connectivity index (χ1v) is 2.49. The third-order valence-electron chi connectivity index (χ3n) is 0.568. The van der Waals surface area contributed by atoms with Crippen molar-refractivity contribution in [1.82, 2.24) is 10.4 Å². The number of thiocarbonyl (C=S) groups is 1. The molecule has 0 saturated carbocycles. The Balaban J connectivity index is 3.63. The molecule has 0 spiro atoms. The fraction of sp³-hybridized carbons (Fsp3) is 0.333. The van der Waals surface area contributed by atoms with Gasteiger partial charge in [0.25, 0.3) is 0 Å². The van der Waals surface area contributed by atoms with Gasteiger partial charge in [-0.1, -0.05) is 0 Å². The topological polar surface area (TPSA) is 86.5 Å². The summed E-state index contributed by atoms with van der Waals surface area (Å²) in [5.41, 5.74) is 12.9. The fourth-order valence-electron chi connectivity index (χ4n) is 0.197. The summed E-state index contributed by atoms with van der Waals surface area (Å²) in [5, 5.41) is 1.03. The summed E-state index contributed by atoms with van der Waals surface area (Å²) in [6.45, 7) is 0. The monoisotopic (exact) mass is 147 g/mol. The number of nitrogens with two attached hydrogens (primary N) is 2. The first-order valence-electron chi connectivity index (χ1n) is 2.08. The normalized spacial score (nSPS) is 8.11. The van der Waals surface area contributed by atoms with Crippen LogP contribution in [0, 0.1) is 0 Å². The van der Waals surface area contributed by atoms with Gasteiger partial charge in [-0.15, -0.1) is 5.43 Å². The Morgan fingerprint density at radius 3 is 2.22 bits per heavy atom. The second-order valence-corrected chi connectivity index (χ2v) is 1.72. The molecule has 1 radical (unpaired) electrons. The van der Waals surface area contributed by atoms with E-state index in [-0.39, 0.29) is 5.11 Å². The lowest BCUT2D eigenvalue weighted by Gasteiger charge is -2.11. The Morgan fingerprint density at radius 2 is 2.11 bits per heavy atom. The zero-order valence-corrected chi connectivity index (χ0v) is 5.68. The van der Waals surface area contributed by atoms with Gasteiger partial charge >= 0.3 is 6.03 Å². The standard InChI is InChI=1S/C3H7N4OS/c1-7(3(5)9)6-2(4)8/h1H3,(H2,4,8)(H2,5,9). The third-order valence-corrected chi connectivity index (χ3v) is 0.832. The second kappa shape index (κ2) is 3.08. The first kappa shape index (κ1) is 7.96. The summed E-state index contributed by atoms with van der Waals surface area (Å²) in [6, 6.07) is -0.815. The summed E-state index contributed by atoms with van der Waals surface area (Å²) >= 11 is 4.44. The number of carbonyl (C=O) groups excluding carboxylic acids is 1. The maximum absolute atomic E-state index is 10.0. The van der Waals surface area contributed by atoms with Crippen molar-refractivity contribution >= 4 is 23.4 Å². The number of carbonyl (C=O) groups is 1. The molecule has 0 aliphatic heterocycles. The molecule has 0 aromatic carbocycles. The minimum atomic E-state index is -0.815. The van der Waals surface area contributed by atoms with Gasteiger partial charge in [0.1, 0.15) is 0 Å². The average molecular weight is 147 g/mol. The van der Waals surface area contributed by atoms with Crippen LogP contribution < -0.4 is 16.9 Å². The molecule has 0 unspecified atom stereocenters. The number of primary amides is 1. The fourth-order valence-corrected chi connectivity index (χ4v) is 0.238. The van der Waals surface area contributed by atoms with Crippen LogP contribution in [0.25, 0.3) is 0 Å². The van der Waals surface area contributed by atoms with Crippen LogP contribution in [0.1, 0.15) is 0 Å². The maximum Gasteiger partial charge on any atom is 0.355 e. The van der Waals surface area contributed by atoms with Crippen molar-refractivity contribution in [2.75, 3.05) is 7.05 Å². The number of nitrogens with zero attached hydrogens (tertiary/aromatic N) is 2. The highest BCUT2D eigenvalue weighted by atomic mass is 32.1. The van der Waals surface area contributed by atoms with Crippen LogP contribution in [0.4, 0.5) is 4.79 Å². The predicted octanol–water partition coefficient (Wildman–Crippen LogP) is -1.24. The van der Waals surface area contributed by atoms with Crippen molar-refractivity contribution < 1.29 is 4.79 Å². The van der Waals surface area contributed by atoms with Gasteiger partial charge < -0.3 is 11.5 Å². The Bertz CT molecular complexity index is 136. The molecule has 0 aliphatic rings. The lowest BCUT2D eigenvalue weighted by Crippen LogP contribution is -2.42. The Morgan fingerprint density at radius 1 is 1.67 bits per heavy atom. The van der Waals surface area contributed by atoms with Crippen LogP contribution in [0.2, 0.25) is 0 Å². The third kappa shape index (κ3) is 3.53. The Hall–Kier alpha value is -1.04. The summed E-state index contributed by atoms with van der Waals surface area (Å²) in [7, 11) is 1.44. The molecular weight excluding hydrogens is 140 g/mol. The summed E-state index contributed by atoms with van der Waals surface area (Å²) in [6.07, 6.45) is 0. The van der Waals surface area contributed by atoms with Gasteiger partial charge in [-0.25, -0.2) is 9.80 Å². The van der Waals surface area contributed by atoms with Crippen molar-refractivity contribution in [3.05, 3.63) is 0 Å². The minimum absolute atomic E-state index is 0.00815. The SMILES string of the molecule is CN([N]C(N)=O)C(N)=S. The maximum atomic E-state index is 10.0. The van der Waals surface area contributed by atoms with E-state index in [1.54, 1.807) is 0 Å². The van der Waals surface area contributed by atoms with Crippen LogP contribution >= 0.6 is 12.2 Å². The number of urea groups is 1. The summed E-state index contributed by atoms with van der Waals surface area (Å²) in [4.78, 5) is 10.0. The molecule has 0 rings (SSSR count). The number of hydrogen-bond acceptors (Lipinski definition) is 2. The van der Waals surface area contributed by atoms with E-state index in [0.717, 1.165) is 5.01 Å². The average Bonchev–Trinajstić information content (AvgIpc) is 1.63. The molecule has 0 saturated heterocycles. The van der Waals surface area contributed by atoms with E-state index in [9.17, 15) is 4.79 Å². The van der Waals surface area contributed by atoms with Gasteiger partial charge in [0.15, 0.2) is 5.11 Å². The van der Waals surface area contributed by atoms with E-state index in [2.05, 4.69) is 23.4 Å². The number of hydrogen-bond donors (Lipinski definition) is 2. The molecule has 0 aromatic heterocycles. The van der Waals surface area contributed by atoms with Gasteiger partial charge in [-0.2, -0.15) is 0 Å². The zero-order valence-electron chi connectivity index (χ0n) is 4.87. The van der Waals surface area contributed by atoms with Gasteiger partial charge in [-0.3, -0.25) is 0 Å². The van der Waals surface area contributed by atoms with E-state index < -0.39 is 6.03 Å². The lowest BCUT2D eigenvalue weighted by molar-refractivity contribution is 0.231. The molecule has 5 nitrogen and oxygen atoms in total. The van der Waals surface area contributed by atoms with Crippen molar-refractivity contribution in [3.8, 4) is 0 Å².